The molecule has 2 saturated heterocycles. The summed E-state index contributed by atoms with van der Waals surface area (Å²) in [5.74, 6) is 0.254. The highest BCUT2D eigenvalue weighted by Crippen LogP contribution is 2.13. The molecular formula is C14H25NO3. The smallest absolute Gasteiger partial charge is 0.224 e. The monoisotopic (exact) mass is 255 g/mol. The van der Waals surface area contributed by atoms with Gasteiger partial charge in [0.05, 0.1) is 25.7 Å². The number of hydrogen-bond acceptors (Lipinski definition) is 3. The molecule has 4 heteroatoms. The van der Waals surface area contributed by atoms with Crippen LogP contribution in [-0.4, -0.2) is 49.8 Å². The van der Waals surface area contributed by atoms with Crippen LogP contribution in [0.3, 0.4) is 0 Å². The van der Waals surface area contributed by atoms with Gasteiger partial charge in [0.15, 0.2) is 0 Å². The van der Waals surface area contributed by atoms with E-state index in [9.17, 15) is 4.79 Å². The zero-order valence-corrected chi connectivity index (χ0v) is 11.2. The minimum absolute atomic E-state index is 0.254. The van der Waals surface area contributed by atoms with Gasteiger partial charge in [-0.1, -0.05) is 12.8 Å². The van der Waals surface area contributed by atoms with E-state index in [4.69, 9.17) is 9.47 Å². The summed E-state index contributed by atoms with van der Waals surface area (Å²) < 4.78 is 11.0. The first-order valence-corrected chi connectivity index (χ1v) is 7.33. The first-order valence-electron chi connectivity index (χ1n) is 7.33. The number of carbonyl (C=O) groups is 1. The maximum absolute atomic E-state index is 12.0. The Morgan fingerprint density at radius 1 is 1.17 bits per heavy atom. The van der Waals surface area contributed by atoms with E-state index in [2.05, 4.69) is 0 Å². The number of nitrogens with zero attached hydrogens (tertiary/aromatic N) is 1. The summed E-state index contributed by atoms with van der Waals surface area (Å²) in [6.07, 6.45) is 7.86. The Labute approximate surface area is 110 Å². The molecule has 0 aromatic heterocycles. The molecule has 4 nitrogen and oxygen atoms in total. The average molecular weight is 255 g/mol. The fourth-order valence-electron chi connectivity index (χ4n) is 2.63. The molecule has 0 spiro atoms. The second-order valence-corrected chi connectivity index (χ2v) is 5.25. The molecule has 0 unspecified atom stereocenters. The van der Waals surface area contributed by atoms with Crippen LogP contribution in [0.5, 0.6) is 0 Å². The van der Waals surface area contributed by atoms with Gasteiger partial charge in [-0.2, -0.15) is 0 Å². The van der Waals surface area contributed by atoms with Gasteiger partial charge in [-0.05, 0) is 25.7 Å². The molecule has 2 aliphatic rings. The highest BCUT2D eigenvalue weighted by Gasteiger charge is 2.17. The Morgan fingerprint density at radius 3 is 2.61 bits per heavy atom. The van der Waals surface area contributed by atoms with Gasteiger partial charge in [0.1, 0.15) is 0 Å². The topological polar surface area (TPSA) is 38.8 Å². The zero-order chi connectivity index (χ0) is 12.6. The summed E-state index contributed by atoms with van der Waals surface area (Å²) in [4.78, 5) is 14.0. The molecule has 0 saturated carbocycles. The number of ether oxygens (including phenoxy) is 2. The van der Waals surface area contributed by atoms with Crippen molar-refractivity contribution in [1.29, 1.82) is 0 Å². The fourth-order valence-corrected chi connectivity index (χ4v) is 2.63. The number of amides is 1. The summed E-state index contributed by atoms with van der Waals surface area (Å²) in [5.41, 5.74) is 0. The average Bonchev–Trinajstić information content (AvgIpc) is 2.74. The van der Waals surface area contributed by atoms with Crippen LogP contribution < -0.4 is 0 Å². The Bertz CT molecular complexity index is 243. The molecule has 2 fully saturated rings. The van der Waals surface area contributed by atoms with E-state index in [1.165, 1.54) is 12.8 Å². The standard InChI is InChI=1S/C14H25NO3/c16-14(15-8-3-1-2-4-9-15)7-11-17-12-13-6-5-10-18-13/h13H,1-12H2/t13-/m1/s1. The van der Waals surface area contributed by atoms with Gasteiger partial charge in [-0.15, -0.1) is 0 Å². The van der Waals surface area contributed by atoms with Crippen LogP contribution in [0.15, 0.2) is 0 Å². The molecule has 18 heavy (non-hydrogen) atoms. The second kappa shape index (κ2) is 7.74. The lowest BCUT2D eigenvalue weighted by Gasteiger charge is -2.20. The third-order valence-corrected chi connectivity index (χ3v) is 3.75. The molecule has 2 heterocycles. The summed E-state index contributed by atoms with van der Waals surface area (Å²) in [5, 5.41) is 0. The first-order chi connectivity index (χ1) is 8.86. The molecular weight excluding hydrogens is 230 g/mol. The zero-order valence-electron chi connectivity index (χ0n) is 11.2. The molecule has 0 bridgehead atoms. The molecule has 104 valence electrons. The van der Waals surface area contributed by atoms with Crippen molar-refractivity contribution in [2.24, 2.45) is 0 Å². The number of likely N-dealkylation sites (tertiary alicyclic amines) is 1. The normalized spacial score (nSPS) is 25.1. The van der Waals surface area contributed by atoms with E-state index >= 15 is 0 Å². The maximum Gasteiger partial charge on any atom is 0.224 e. The van der Waals surface area contributed by atoms with Crippen molar-refractivity contribution in [3.63, 3.8) is 0 Å². The van der Waals surface area contributed by atoms with Crippen LogP contribution in [0.4, 0.5) is 0 Å². The predicted octanol–water partition coefficient (Wildman–Crippen LogP) is 1.97. The lowest BCUT2D eigenvalue weighted by Crippen LogP contribution is -2.32. The Morgan fingerprint density at radius 2 is 1.94 bits per heavy atom. The fraction of sp³-hybridized carbons (Fsp3) is 0.929. The van der Waals surface area contributed by atoms with Crippen LogP contribution in [0.2, 0.25) is 0 Å². The van der Waals surface area contributed by atoms with E-state index in [-0.39, 0.29) is 12.0 Å². The van der Waals surface area contributed by atoms with Crippen molar-refractivity contribution in [3.8, 4) is 0 Å². The molecule has 0 aromatic rings. The summed E-state index contributed by atoms with van der Waals surface area (Å²) in [6.45, 7) is 3.92. The lowest BCUT2D eigenvalue weighted by atomic mass is 10.2. The van der Waals surface area contributed by atoms with Crippen LogP contribution >= 0.6 is 0 Å². The van der Waals surface area contributed by atoms with Crippen LogP contribution in [0.1, 0.15) is 44.9 Å². The van der Waals surface area contributed by atoms with Gasteiger partial charge in [-0.25, -0.2) is 0 Å². The van der Waals surface area contributed by atoms with Crippen molar-refractivity contribution in [1.82, 2.24) is 4.90 Å². The molecule has 0 N–H and O–H groups in total. The van der Waals surface area contributed by atoms with Gasteiger partial charge < -0.3 is 14.4 Å². The van der Waals surface area contributed by atoms with Crippen LogP contribution in [0, 0.1) is 0 Å². The molecule has 1 amide bonds. The maximum atomic E-state index is 12.0. The molecule has 1 atom stereocenters. The SMILES string of the molecule is O=C(CCOC[C@H]1CCCO1)N1CCCCCC1. The molecule has 0 aliphatic carbocycles. The van der Waals surface area contributed by atoms with Gasteiger partial charge in [-0.3, -0.25) is 4.79 Å². The van der Waals surface area contributed by atoms with Crippen molar-refractivity contribution < 1.29 is 14.3 Å². The minimum atomic E-state index is 0.254. The highest BCUT2D eigenvalue weighted by atomic mass is 16.5. The Hall–Kier alpha value is -0.610. The van der Waals surface area contributed by atoms with Crippen molar-refractivity contribution in [3.05, 3.63) is 0 Å². The van der Waals surface area contributed by atoms with Crippen LogP contribution in [-0.2, 0) is 14.3 Å². The molecule has 2 rings (SSSR count). The van der Waals surface area contributed by atoms with Gasteiger partial charge in [0.2, 0.25) is 5.91 Å². The largest absolute Gasteiger partial charge is 0.378 e. The van der Waals surface area contributed by atoms with Crippen molar-refractivity contribution in [2.75, 3.05) is 32.9 Å². The van der Waals surface area contributed by atoms with E-state index < -0.39 is 0 Å². The summed E-state index contributed by atoms with van der Waals surface area (Å²) in [7, 11) is 0. The van der Waals surface area contributed by atoms with E-state index in [0.717, 1.165) is 45.4 Å². The van der Waals surface area contributed by atoms with Gasteiger partial charge in [0, 0.05) is 19.7 Å². The van der Waals surface area contributed by atoms with E-state index in [1.807, 2.05) is 4.90 Å². The van der Waals surface area contributed by atoms with Gasteiger partial charge in [0.25, 0.3) is 0 Å². The lowest BCUT2D eigenvalue weighted by molar-refractivity contribution is -0.132. The van der Waals surface area contributed by atoms with Crippen molar-refractivity contribution in [2.45, 2.75) is 51.0 Å². The number of carbonyl (C=O) groups excluding carboxylic acids is 1. The Balaban J connectivity index is 1.55. The quantitative estimate of drug-likeness (QED) is 0.705. The summed E-state index contributed by atoms with van der Waals surface area (Å²) in [6, 6.07) is 0. The molecule has 2 aliphatic heterocycles. The molecule has 0 aromatic carbocycles. The highest BCUT2D eigenvalue weighted by molar-refractivity contribution is 5.76. The van der Waals surface area contributed by atoms with Crippen molar-refractivity contribution >= 4 is 5.91 Å². The van der Waals surface area contributed by atoms with E-state index in [1.54, 1.807) is 0 Å². The van der Waals surface area contributed by atoms with E-state index in [0.29, 0.717) is 19.6 Å². The van der Waals surface area contributed by atoms with Gasteiger partial charge >= 0.3 is 0 Å². The minimum Gasteiger partial charge on any atom is -0.378 e. The predicted molar refractivity (Wildman–Crippen MR) is 69.5 cm³/mol. The summed E-state index contributed by atoms with van der Waals surface area (Å²) >= 11 is 0. The number of rotatable bonds is 5. The first kappa shape index (κ1) is 13.8. The molecule has 0 radical (unpaired) electrons. The third kappa shape index (κ3) is 4.58. The van der Waals surface area contributed by atoms with Crippen LogP contribution in [0.25, 0.3) is 0 Å². The third-order valence-electron chi connectivity index (χ3n) is 3.75. The Kier molecular flexibility index (Phi) is 5.94. The second-order valence-electron chi connectivity index (χ2n) is 5.25. The number of hydrogen-bond donors (Lipinski definition) is 0.